The topological polar surface area (TPSA) is 462 Å². The number of fused-ring (bicyclic) bond motifs is 7. The van der Waals surface area contributed by atoms with Crippen LogP contribution in [0.2, 0.25) is 0 Å². The van der Waals surface area contributed by atoms with Gasteiger partial charge in [0.2, 0.25) is 62.4 Å². The Bertz CT molecular complexity index is 3060. The van der Waals surface area contributed by atoms with Crippen molar-refractivity contribution in [3.63, 3.8) is 0 Å². The van der Waals surface area contributed by atoms with E-state index in [4.69, 9.17) is 27.9 Å². The van der Waals surface area contributed by atoms with Gasteiger partial charge in [-0.05, 0) is 111 Å². The van der Waals surface area contributed by atoms with Gasteiger partial charge in [-0.15, -0.1) is 0 Å². The molecule has 0 unspecified atom stereocenters. The molecule has 2 heterocycles. The van der Waals surface area contributed by atoms with Gasteiger partial charge in [0.05, 0.1) is 37.9 Å². The van der Waals surface area contributed by atoms with Crippen molar-refractivity contribution < 1.29 is 309 Å². The predicted octanol–water partition coefficient (Wildman–Crippen LogP) is -17.5. The molecule has 2 saturated heterocycles. The van der Waals surface area contributed by atoms with Crippen LogP contribution in [0.25, 0.3) is 0 Å². The number of hydrogen-bond acceptors (Lipinski definition) is 30. The largest absolute Gasteiger partial charge is 1.00 e. The van der Waals surface area contributed by atoms with E-state index in [1.54, 1.807) is 0 Å². The minimum atomic E-state index is -6.24. The predicted molar refractivity (Wildman–Crippen MR) is 248 cm³/mol. The summed E-state index contributed by atoms with van der Waals surface area (Å²) in [7, 11) is -34.6. The van der Waals surface area contributed by atoms with Gasteiger partial charge < -0.3 is 51.0 Å². The van der Waals surface area contributed by atoms with E-state index in [1.807, 2.05) is 6.92 Å². The third-order valence-corrected chi connectivity index (χ3v) is 21.1. The summed E-state index contributed by atoms with van der Waals surface area (Å²) < 4.78 is 274. The summed E-state index contributed by atoms with van der Waals surface area (Å²) in [6.07, 6.45) is -18.7. The third-order valence-electron chi connectivity index (χ3n) is 18.3. The van der Waals surface area contributed by atoms with Crippen molar-refractivity contribution in [3.05, 3.63) is 11.6 Å². The maximum atomic E-state index is 13.8. The second-order valence-corrected chi connectivity index (χ2v) is 29.2. The first-order valence-corrected chi connectivity index (χ1v) is 32.5. The van der Waals surface area contributed by atoms with Crippen LogP contribution in [0.15, 0.2) is 11.6 Å². The fourth-order valence-corrected chi connectivity index (χ4v) is 17.7. The van der Waals surface area contributed by atoms with Crippen molar-refractivity contribution in [1.82, 2.24) is 0 Å². The molecule has 5 aliphatic carbocycles. The Morgan fingerprint density at radius 2 is 1.10 bits per heavy atom. The molecule has 0 spiro atoms. The summed E-state index contributed by atoms with van der Waals surface area (Å²) in [5, 5.41) is 0. The SMILES string of the molecule is COC(=O)[C@]12CCC(C)(C)C[C@H]1C1=CC[C@@H]3[C@@]4(C)CC[C@H](O[C@@H]5OC[C@H](OS(=O)(=O)[O-])[C@H](OS(=O)(=O)[O-])[C@H]5O[C@@H]5O[C@@H](C)[C@H](OS(=O)(=O)[O-])[C@@H](OS(=O)(=O)[O-])[C@H]5OS(=O)(=O)[O-])[C@](C)(COS(=O)(=O)[O-])[C@@H]4CC[C@@]3(C)[C@]1(C)CC2.[Na+].[Na+].[Na+].[Na+].[Na+].[Na+]. The van der Waals surface area contributed by atoms with E-state index in [2.05, 4.69) is 54.7 Å². The van der Waals surface area contributed by atoms with Crippen LogP contribution in [-0.2, 0) is 116 Å². The minimum absolute atomic E-state index is 0. The fraction of sp³-hybridized carbons (Fsp3) is 0.929. The molecule has 7 aliphatic rings. The molecule has 7 rings (SSSR count). The van der Waals surface area contributed by atoms with Crippen LogP contribution in [0.4, 0.5) is 0 Å². The van der Waals surface area contributed by atoms with Gasteiger partial charge in [-0.3, -0.25) is 29.9 Å². The van der Waals surface area contributed by atoms with Crippen LogP contribution in [0.3, 0.4) is 0 Å². The van der Waals surface area contributed by atoms with Crippen molar-refractivity contribution in [2.75, 3.05) is 20.3 Å². The van der Waals surface area contributed by atoms with Crippen LogP contribution in [0.5, 0.6) is 0 Å². The molecule has 0 amide bonds. The summed E-state index contributed by atoms with van der Waals surface area (Å²) in [5.41, 5.74) is -3.03. The number of methoxy groups -OCH3 is 1. The monoisotopic (exact) mass is 1380 g/mol. The van der Waals surface area contributed by atoms with Gasteiger partial charge in [0.25, 0.3) is 0 Å². The molecule has 4 saturated carbocycles. The standard InChI is InChI=1S/C42H68O30S6.6Na/c1-22-29(69-75(50,51)52)31(71-77(56,57)58)33(72-78(59,60)61)35(65-22)67-32-30(70-76(53,54)55)25(68-74(47,48)49)20-63-34(32)66-28-12-13-38(4)26(39(28,5)21-64-73(44,45)46)11-14-41(7)27(38)10-9-23-24-19-37(2,3)15-17-42(24,36(43)62-8)18-16-40(23,41)6;;;;;;/h9,22,24-35H,10-21H2,1-8H3,(H,44,45,46)(H,47,48,49)(H,50,51,52)(H,53,54,55)(H,56,57,58)(H,59,60,61);;;;;;/q;6*+1/p-6/t22-,24-,25-,26+,27+,28-,29-,30-,31+,32+,33+,34-,35-,38-,39+,40+,41+,42-;;;;;;/m0....../s1. The number of carbonyl (C=O) groups excluding carboxylic acids is 1. The summed E-state index contributed by atoms with van der Waals surface area (Å²) >= 11 is 0. The Balaban J connectivity index is 0.00000588. The zero-order valence-corrected chi connectivity index (χ0v) is 66.2. The molecule has 30 nitrogen and oxygen atoms in total. The van der Waals surface area contributed by atoms with Gasteiger partial charge in [-0.1, -0.05) is 53.2 Å². The van der Waals surface area contributed by atoms with E-state index in [-0.39, 0.29) is 213 Å². The molecule has 18 atom stereocenters. The zero-order chi connectivity index (χ0) is 58.6. The molecule has 0 aromatic heterocycles. The second kappa shape index (κ2) is 30.8. The van der Waals surface area contributed by atoms with Gasteiger partial charge in [-0.2, -0.15) is 0 Å². The Labute approximate surface area is 624 Å². The zero-order valence-electron chi connectivity index (χ0n) is 49.3. The summed E-state index contributed by atoms with van der Waals surface area (Å²) in [5.74, 6) is -1.23. The van der Waals surface area contributed by atoms with E-state index in [9.17, 15) is 82.6 Å². The summed E-state index contributed by atoms with van der Waals surface area (Å²) in [4.78, 5) is 13.8. The van der Waals surface area contributed by atoms with Crippen molar-refractivity contribution in [3.8, 4) is 0 Å². The molecule has 2 aliphatic heterocycles. The molecule has 6 fully saturated rings. The molecule has 0 bridgehead atoms. The van der Waals surface area contributed by atoms with Crippen LogP contribution in [-0.4, -0.2) is 166 Å². The molecular formula is C42H62Na6O30S6. The Kier molecular flexibility index (Phi) is 31.6. The van der Waals surface area contributed by atoms with E-state index in [0.717, 1.165) is 19.8 Å². The van der Waals surface area contributed by atoms with E-state index >= 15 is 0 Å². The van der Waals surface area contributed by atoms with Gasteiger partial charge in [0.15, 0.2) is 18.7 Å². The quantitative estimate of drug-likeness (QED) is 0.0307. The number of esters is 1. The summed E-state index contributed by atoms with van der Waals surface area (Å²) in [6.45, 7) is 10.9. The fourth-order valence-electron chi connectivity index (χ4n) is 14.9. The van der Waals surface area contributed by atoms with Crippen molar-refractivity contribution in [2.45, 2.75) is 174 Å². The van der Waals surface area contributed by atoms with Crippen LogP contribution in [0, 0.1) is 50.2 Å². The van der Waals surface area contributed by atoms with Crippen LogP contribution >= 0.6 is 0 Å². The number of carbonyl (C=O) groups is 1. The first-order chi connectivity index (χ1) is 35.3. The normalized spacial score (nSPS) is 39.5. The maximum Gasteiger partial charge on any atom is 1.00 e. The molecule has 0 aromatic carbocycles. The number of ether oxygens (including phenoxy) is 5. The van der Waals surface area contributed by atoms with E-state index < -0.39 is 170 Å². The minimum Gasteiger partial charge on any atom is -0.726 e. The van der Waals surface area contributed by atoms with E-state index in [0.29, 0.717) is 38.5 Å². The number of hydrogen-bond donors (Lipinski definition) is 0. The molecule has 0 N–H and O–H groups in total. The Morgan fingerprint density at radius 1 is 0.583 bits per heavy atom. The van der Waals surface area contributed by atoms with Crippen LogP contribution < -0.4 is 177 Å². The maximum absolute atomic E-state index is 13.8. The molecule has 0 radical (unpaired) electrons. The Hall–Kier alpha value is 4.27. The smallest absolute Gasteiger partial charge is 0.726 e. The third kappa shape index (κ3) is 19.3. The second-order valence-electron chi connectivity index (χ2n) is 23.1. The van der Waals surface area contributed by atoms with Gasteiger partial charge >= 0.3 is 183 Å². The van der Waals surface area contributed by atoms with Crippen molar-refractivity contribution in [1.29, 1.82) is 0 Å². The van der Waals surface area contributed by atoms with Gasteiger partial charge in [0, 0.05) is 5.41 Å². The molecule has 42 heteroatoms. The molecule has 84 heavy (non-hydrogen) atoms. The number of rotatable bonds is 18. The van der Waals surface area contributed by atoms with Crippen molar-refractivity contribution in [2.24, 2.45) is 50.2 Å². The Morgan fingerprint density at radius 3 is 1.62 bits per heavy atom. The first kappa shape index (κ1) is 86.3. The molecular weight excluding hydrogens is 1310 g/mol. The number of allylic oxidation sites excluding steroid dienone is 2. The summed E-state index contributed by atoms with van der Waals surface area (Å²) in [6, 6.07) is 0. The first-order valence-electron chi connectivity index (χ1n) is 24.5. The van der Waals surface area contributed by atoms with Crippen molar-refractivity contribution >= 4 is 68.4 Å². The molecule has 452 valence electrons. The van der Waals surface area contributed by atoms with Gasteiger partial charge in [0.1, 0.15) is 30.5 Å². The average molecular weight is 1380 g/mol. The van der Waals surface area contributed by atoms with Crippen LogP contribution in [0.1, 0.15) is 113 Å². The van der Waals surface area contributed by atoms with E-state index in [1.165, 1.54) is 19.6 Å². The molecule has 0 aromatic rings. The van der Waals surface area contributed by atoms with Gasteiger partial charge in [-0.25, -0.2) is 50.5 Å². The average Bonchev–Trinajstić information content (AvgIpc) is 3.25.